The number of nitrogens with zero attached hydrogens (tertiary/aromatic N) is 1. The molecular weight excluding hydrogens is 304 g/mol. The van der Waals surface area contributed by atoms with Crippen molar-refractivity contribution in [2.45, 2.75) is 6.92 Å². The maximum atomic E-state index is 12.3. The summed E-state index contributed by atoms with van der Waals surface area (Å²) in [5.41, 5.74) is 2.26. The molecule has 0 heterocycles. The largest absolute Gasteiger partial charge is 0.495 e. The number of nitrogens with one attached hydrogen (secondary N) is 1. The molecule has 0 atom stereocenters. The van der Waals surface area contributed by atoms with Crippen LogP contribution in [0.3, 0.4) is 0 Å². The monoisotopic (exact) mass is 320 g/mol. The third-order valence-electron chi connectivity index (χ3n) is 3.26. The second-order valence-corrected chi connectivity index (χ2v) is 5.03. The number of ether oxygens (including phenoxy) is 1. The molecule has 5 nitrogen and oxygen atoms in total. The summed E-state index contributed by atoms with van der Waals surface area (Å²) in [4.78, 5) is 23.5. The summed E-state index contributed by atoms with van der Waals surface area (Å²) in [6, 6.07) is 13.8. The zero-order valence-electron chi connectivity index (χ0n) is 13.4. The van der Waals surface area contributed by atoms with Gasteiger partial charge in [-0.1, -0.05) is 18.2 Å². The number of allylic oxidation sites excluding steroid dienone is 1. The van der Waals surface area contributed by atoms with Gasteiger partial charge in [-0.2, -0.15) is 5.26 Å². The molecule has 0 fully saturated rings. The van der Waals surface area contributed by atoms with Crippen LogP contribution in [0.5, 0.6) is 5.75 Å². The van der Waals surface area contributed by atoms with Crippen LogP contribution in [0.2, 0.25) is 0 Å². The lowest BCUT2D eigenvalue weighted by Crippen LogP contribution is -2.08. The third-order valence-corrected chi connectivity index (χ3v) is 3.26. The number of nitriles is 1. The summed E-state index contributed by atoms with van der Waals surface area (Å²) in [6.45, 7) is 1.39. The Bertz CT molecular complexity index is 831. The third kappa shape index (κ3) is 4.31. The van der Waals surface area contributed by atoms with Crippen molar-refractivity contribution in [3.05, 3.63) is 65.2 Å². The molecule has 0 aliphatic carbocycles. The van der Waals surface area contributed by atoms with Crippen molar-refractivity contribution in [1.82, 2.24) is 0 Å². The van der Waals surface area contributed by atoms with E-state index in [0.29, 0.717) is 22.6 Å². The Hall–Kier alpha value is -3.39. The summed E-state index contributed by atoms with van der Waals surface area (Å²) < 4.78 is 5.16. The molecule has 0 saturated heterocycles. The second kappa shape index (κ2) is 7.75. The SMILES string of the molecule is COc1ccc(C(=O)/C=C/c2ccc(C#N)cc2)cc1NC(C)=O. The quantitative estimate of drug-likeness (QED) is 0.676. The molecule has 2 aromatic rings. The maximum absolute atomic E-state index is 12.3. The van der Waals surface area contributed by atoms with E-state index in [4.69, 9.17) is 10.00 Å². The van der Waals surface area contributed by atoms with E-state index in [1.54, 1.807) is 48.5 Å². The van der Waals surface area contributed by atoms with Crippen LogP contribution in [0, 0.1) is 11.3 Å². The Morgan fingerprint density at radius 2 is 1.88 bits per heavy atom. The highest BCUT2D eigenvalue weighted by Crippen LogP contribution is 2.26. The van der Waals surface area contributed by atoms with Crippen molar-refractivity contribution >= 4 is 23.5 Å². The Morgan fingerprint density at radius 1 is 1.17 bits per heavy atom. The van der Waals surface area contributed by atoms with Crippen LogP contribution in [0.25, 0.3) is 6.08 Å². The number of carbonyl (C=O) groups is 2. The molecule has 0 aliphatic heterocycles. The number of anilines is 1. The van der Waals surface area contributed by atoms with Crippen LogP contribution in [-0.4, -0.2) is 18.8 Å². The number of methoxy groups -OCH3 is 1. The minimum atomic E-state index is -0.244. The highest BCUT2D eigenvalue weighted by atomic mass is 16.5. The lowest BCUT2D eigenvalue weighted by molar-refractivity contribution is -0.114. The molecule has 1 amide bonds. The van der Waals surface area contributed by atoms with E-state index < -0.39 is 0 Å². The minimum absolute atomic E-state index is 0.200. The summed E-state index contributed by atoms with van der Waals surface area (Å²) in [5.74, 6) is 0.0393. The van der Waals surface area contributed by atoms with Gasteiger partial charge in [0.1, 0.15) is 5.75 Å². The maximum Gasteiger partial charge on any atom is 0.221 e. The Labute approximate surface area is 140 Å². The lowest BCUT2D eigenvalue weighted by Gasteiger charge is -2.09. The van der Waals surface area contributed by atoms with Crippen molar-refractivity contribution in [1.29, 1.82) is 5.26 Å². The average molecular weight is 320 g/mol. The molecular formula is C19H16N2O3. The van der Waals surface area contributed by atoms with Gasteiger partial charge in [-0.3, -0.25) is 9.59 Å². The summed E-state index contributed by atoms with van der Waals surface area (Å²) in [6.07, 6.45) is 3.12. The van der Waals surface area contributed by atoms with Crippen LogP contribution in [0.4, 0.5) is 5.69 Å². The zero-order chi connectivity index (χ0) is 17.5. The Balaban J connectivity index is 2.20. The molecule has 0 spiro atoms. The summed E-state index contributed by atoms with van der Waals surface area (Å²) in [5, 5.41) is 11.4. The van der Waals surface area contributed by atoms with Crippen LogP contribution < -0.4 is 10.1 Å². The molecule has 5 heteroatoms. The van der Waals surface area contributed by atoms with Crippen LogP contribution in [0.1, 0.15) is 28.4 Å². The normalized spacial score (nSPS) is 10.2. The molecule has 0 radical (unpaired) electrons. The fourth-order valence-corrected chi connectivity index (χ4v) is 2.09. The number of hydrogen-bond donors (Lipinski definition) is 1. The highest BCUT2D eigenvalue weighted by Gasteiger charge is 2.09. The summed E-state index contributed by atoms with van der Waals surface area (Å²) in [7, 11) is 1.49. The smallest absolute Gasteiger partial charge is 0.221 e. The van der Waals surface area contributed by atoms with Crippen LogP contribution in [0.15, 0.2) is 48.5 Å². The van der Waals surface area contributed by atoms with Gasteiger partial charge in [-0.05, 0) is 42.0 Å². The fourth-order valence-electron chi connectivity index (χ4n) is 2.09. The van der Waals surface area contributed by atoms with E-state index in [0.717, 1.165) is 5.56 Å². The number of ketones is 1. The first-order chi connectivity index (χ1) is 11.5. The van der Waals surface area contributed by atoms with Crippen molar-refractivity contribution in [3.63, 3.8) is 0 Å². The Morgan fingerprint density at radius 3 is 2.46 bits per heavy atom. The van der Waals surface area contributed by atoms with Gasteiger partial charge in [-0.15, -0.1) is 0 Å². The topological polar surface area (TPSA) is 79.2 Å². The van der Waals surface area contributed by atoms with Gasteiger partial charge < -0.3 is 10.1 Å². The molecule has 0 bridgehead atoms. The van der Waals surface area contributed by atoms with E-state index in [2.05, 4.69) is 5.32 Å². The minimum Gasteiger partial charge on any atom is -0.495 e. The second-order valence-electron chi connectivity index (χ2n) is 5.03. The number of amides is 1. The van der Waals surface area contributed by atoms with Gasteiger partial charge in [0, 0.05) is 12.5 Å². The first-order valence-corrected chi connectivity index (χ1v) is 7.21. The Kier molecular flexibility index (Phi) is 5.48. The van der Waals surface area contributed by atoms with E-state index in [1.807, 2.05) is 6.07 Å². The molecule has 24 heavy (non-hydrogen) atoms. The molecule has 1 N–H and O–H groups in total. The molecule has 2 rings (SSSR count). The van der Waals surface area contributed by atoms with Gasteiger partial charge in [0.25, 0.3) is 0 Å². The van der Waals surface area contributed by atoms with Gasteiger partial charge in [-0.25, -0.2) is 0 Å². The first kappa shape index (κ1) is 17.0. The predicted octanol–water partition coefficient (Wildman–Crippen LogP) is 3.42. The molecule has 2 aromatic carbocycles. The highest BCUT2D eigenvalue weighted by molar-refractivity contribution is 6.08. The fraction of sp³-hybridized carbons (Fsp3) is 0.105. The zero-order valence-corrected chi connectivity index (χ0v) is 13.4. The lowest BCUT2D eigenvalue weighted by atomic mass is 10.1. The van der Waals surface area contributed by atoms with Crippen molar-refractivity contribution < 1.29 is 14.3 Å². The van der Waals surface area contributed by atoms with Crippen molar-refractivity contribution in [2.24, 2.45) is 0 Å². The van der Waals surface area contributed by atoms with Crippen molar-refractivity contribution in [3.8, 4) is 11.8 Å². The predicted molar refractivity (Wildman–Crippen MR) is 91.8 cm³/mol. The number of hydrogen-bond acceptors (Lipinski definition) is 4. The molecule has 0 unspecified atom stereocenters. The molecule has 0 saturated carbocycles. The van der Waals surface area contributed by atoms with Crippen LogP contribution in [-0.2, 0) is 4.79 Å². The van der Waals surface area contributed by atoms with Crippen molar-refractivity contribution in [2.75, 3.05) is 12.4 Å². The standard InChI is InChI=1S/C19H16N2O3/c1-13(22)21-17-11-16(8-10-19(17)24-2)18(23)9-7-14-3-5-15(12-20)6-4-14/h3-11H,1-2H3,(H,21,22)/b9-7+. The van der Waals surface area contributed by atoms with E-state index in [9.17, 15) is 9.59 Å². The van der Waals surface area contributed by atoms with E-state index in [1.165, 1.54) is 20.1 Å². The van der Waals surface area contributed by atoms with Gasteiger partial charge in [0.15, 0.2) is 5.78 Å². The number of benzene rings is 2. The van der Waals surface area contributed by atoms with Gasteiger partial charge in [0.05, 0.1) is 24.4 Å². The molecule has 0 aromatic heterocycles. The molecule has 120 valence electrons. The van der Waals surface area contributed by atoms with E-state index in [-0.39, 0.29) is 11.7 Å². The number of carbonyl (C=O) groups excluding carboxylic acids is 2. The molecule has 0 aliphatic rings. The number of rotatable bonds is 5. The van der Waals surface area contributed by atoms with Gasteiger partial charge in [0.2, 0.25) is 5.91 Å². The first-order valence-electron chi connectivity index (χ1n) is 7.21. The van der Waals surface area contributed by atoms with E-state index >= 15 is 0 Å². The summed E-state index contributed by atoms with van der Waals surface area (Å²) >= 11 is 0. The average Bonchev–Trinajstić information content (AvgIpc) is 2.59. The van der Waals surface area contributed by atoms with Crippen LogP contribution >= 0.6 is 0 Å². The van der Waals surface area contributed by atoms with Gasteiger partial charge >= 0.3 is 0 Å².